The smallest absolute Gasteiger partial charge is 0.266 e. The molecule has 0 radical (unpaired) electrons. The molecule has 0 saturated carbocycles. The number of nitrogens with zero attached hydrogens (tertiary/aromatic N) is 1. The summed E-state index contributed by atoms with van der Waals surface area (Å²) in [6, 6.07) is 3.60. The highest BCUT2D eigenvalue weighted by Gasteiger charge is 2.18. The van der Waals surface area contributed by atoms with Gasteiger partial charge in [0.2, 0.25) is 0 Å². The van der Waals surface area contributed by atoms with Gasteiger partial charge in [0.15, 0.2) is 0 Å². The number of benzene rings is 1. The first-order valence-corrected chi connectivity index (χ1v) is 6.84. The zero-order valence-electron chi connectivity index (χ0n) is 12.2. The second-order valence-electron chi connectivity index (χ2n) is 4.63. The molecular formula is C15H20F3N3. The Morgan fingerprint density at radius 3 is 2.67 bits per heavy atom. The highest BCUT2D eigenvalue weighted by molar-refractivity contribution is 6.29. The average molecular weight is 299 g/mol. The molecule has 1 aromatic carbocycles. The van der Waals surface area contributed by atoms with Crippen LogP contribution in [-0.4, -0.2) is 25.0 Å². The van der Waals surface area contributed by atoms with Crippen molar-refractivity contribution in [3.05, 3.63) is 35.1 Å². The van der Waals surface area contributed by atoms with Crippen LogP contribution in [0, 0.1) is 11.2 Å². The largest absolute Gasteiger partial charge is 0.310 e. The van der Waals surface area contributed by atoms with E-state index in [1.54, 1.807) is 6.92 Å². The van der Waals surface area contributed by atoms with E-state index in [4.69, 9.17) is 5.41 Å². The minimum atomic E-state index is -2.82. The third kappa shape index (κ3) is 5.30. The van der Waals surface area contributed by atoms with Gasteiger partial charge in [-0.15, -0.1) is 0 Å². The van der Waals surface area contributed by atoms with Gasteiger partial charge >= 0.3 is 0 Å². The van der Waals surface area contributed by atoms with Crippen LogP contribution in [0.25, 0.3) is 0 Å². The van der Waals surface area contributed by atoms with Crippen molar-refractivity contribution in [2.45, 2.75) is 32.7 Å². The van der Waals surface area contributed by atoms with Crippen LogP contribution in [0.15, 0.2) is 23.2 Å². The summed E-state index contributed by atoms with van der Waals surface area (Å²) in [6.45, 7) is 4.66. The maximum atomic E-state index is 13.9. The van der Waals surface area contributed by atoms with Gasteiger partial charge in [-0.3, -0.25) is 4.99 Å². The van der Waals surface area contributed by atoms with E-state index in [0.717, 1.165) is 6.07 Å². The van der Waals surface area contributed by atoms with Crippen LogP contribution < -0.4 is 5.32 Å². The summed E-state index contributed by atoms with van der Waals surface area (Å²) in [6.07, 6.45) is -0.885. The van der Waals surface area contributed by atoms with Gasteiger partial charge in [-0.05, 0) is 13.8 Å². The second-order valence-corrected chi connectivity index (χ2v) is 4.63. The molecule has 0 amide bonds. The predicted octanol–water partition coefficient (Wildman–Crippen LogP) is 3.91. The third-order valence-corrected chi connectivity index (χ3v) is 3.03. The van der Waals surface area contributed by atoms with Crippen molar-refractivity contribution in [3.8, 4) is 0 Å². The highest BCUT2D eigenvalue weighted by atomic mass is 19.3. The maximum Gasteiger partial charge on any atom is 0.266 e. The summed E-state index contributed by atoms with van der Waals surface area (Å²) < 4.78 is 39.2. The number of hydrogen-bond donors (Lipinski definition) is 2. The van der Waals surface area contributed by atoms with Gasteiger partial charge < -0.3 is 10.7 Å². The number of aliphatic imine (C=N–C) groups is 1. The Kier molecular flexibility index (Phi) is 7.08. The van der Waals surface area contributed by atoms with Crippen LogP contribution in [-0.2, 0) is 0 Å². The Labute approximate surface area is 122 Å². The Morgan fingerprint density at radius 2 is 2.05 bits per heavy atom. The lowest BCUT2D eigenvalue weighted by molar-refractivity contribution is 0.146. The first-order valence-electron chi connectivity index (χ1n) is 6.84. The van der Waals surface area contributed by atoms with Gasteiger partial charge in [-0.2, -0.15) is 0 Å². The molecule has 1 aromatic rings. The summed E-state index contributed by atoms with van der Waals surface area (Å²) in [5.41, 5.74) is 0.00359. The van der Waals surface area contributed by atoms with E-state index in [9.17, 15) is 13.2 Å². The third-order valence-electron chi connectivity index (χ3n) is 3.03. The number of nitrogens with one attached hydrogen (secondary N) is 2. The molecule has 1 rings (SSSR count). The second kappa shape index (κ2) is 8.56. The van der Waals surface area contributed by atoms with Gasteiger partial charge in [0.1, 0.15) is 5.82 Å². The van der Waals surface area contributed by atoms with Crippen LogP contribution in [0.2, 0.25) is 0 Å². The lowest BCUT2D eigenvalue weighted by atomic mass is 10.0. The summed E-state index contributed by atoms with van der Waals surface area (Å²) >= 11 is 0. The molecule has 0 fully saturated rings. The van der Waals surface area contributed by atoms with E-state index in [1.807, 2.05) is 6.92 Å². The van der Waals surface area contributed by atoms with Gasteiger partial charge in [0.25, 0.3) is 6.43 Å². The molecule has 0 saturated heterocycles. The van der Waals surface area contributed by atoms with Crippen LogP contribution >= 0.6 is 0 Å². The van der Waals surface area contributed by atoms with Crippen molar-refractivity contribution in [3.63, 3.8) is 0 Å². The molecule has 116 valence electrons. The SMILES string of the molecule is CCN=CC(=N)CCN[C@H](C)c1cccc(C(F)F)c1F. The molecule has 0 unspecified atom stereocenters. The molecule has 0 aliphatic heterocycles. The molecule has 2 N–H and O–H groups in total. The summed E-state index contributed by atoms with van der Waals surface area (Å²) in [5, 5.41) is 10.6. The molecule has 0 bridgehead atoms. The van der Waals surface area contributed by atoms with Crippen LogP contribution in [0.5, 0.6) is 0 Å². The molecule has 1 atom stereocenters. The number of rotatable bonds is 8. The van der Waals surface area contributed by atoms with Crippen LogP contribution in [0.1, 0.15) is 43.9 Å². The monoisotopic (exact) mass is 299 g/mol. The van der Waals surface area contributed by atoms with Gasteiger partial charge in [-0.1, -0.05) is 18.2 Å². The first kappa shape index (κ1) is 17.4. The molecule has 6 heteroatoms. The van der Waals surface area contributed by atoms with Gasteiger partial charge in [0, 0.05) is 37.3 Å². The molecule has 0 heterocycles. The summed E-state index contributed by atoms with van der Waals surface area (Å²) in [4.78, 5) is 3.95. The van der Waals surface area contributed by atoms with E-state index in [0.29, 0.717) is 25.2 Å². The van der Waals surface area contributed by atoms with Crippen LogP contribution in [0.4, 0.5) is 13.2 Å². The lowest BCUT2D eigenvalue weighted by Crippen LogP contribution is -2.23. The highest BCUT2D eigenvalue weighted by Crippen LogP contribution is 2.26. The normalized spacial score (nSPS) is 13.0. The first-order chi connectivity index (χ1) is 9.97. The van der Waals surface area contributed by atoms with Crippen molar-refractivity contribution in [2.24, 2.45) is 4.99 Å². The van der Waals surface area contributed by atoms with Crippen LogP contribution in [0.3, 0.4) is 0 Å². The van der Waals surface area contributed by atoms with E-state index in [2.05, 4.69) is 10.3 Å². The topological polar surface area (TPSA) is 48.2 Å². The molecule has 21 heavy (non-hydrogen) atoms. The van der Waals surface area contributed by atoms with Crippen molar-refractivity contribution in [1.82, 2.24) is 5.32 Å². The Hall–Kier alpha value is -1.69. The number of halogens is 3. The molecule has 0 aliphatic rings. The average Bonchev–Trinajstić information content (AvgIpc) is 2.44. The summed E-state index contributed by atoms with van der Waals surface area (Å²) in [5.74, 6) is -0.866. The maximum absolute atomic E-state index is 13.9. The lowest BCUT2D eigenvalue weighted by Gasteiger charge is -2.16. The molecule has 0 aliphatic carbocycles. The van der Waals surface area contributed by atoms with E-state index >= 15 is 0 Å². The Balaban J connectivity index is 2.60. The zero-order chi connectivity index (χ0) is 15.8. The summed E-state index contributed by atoms with van der Waals surface area (Å²) in [7, 11) is 0. The minimum absolute atomic E-state index is 0.210. The van der Waals surface area contributed by atoms with Crippen molar-refractivity contribution in [2.75, 3.05) is 13.1 Å². The molecule has 0 spiro atoms. The fourth-order valence-corrected chi connectivity index (χ4v) is 1.87. The van der Waals surface area contributed by atoms with Gasteiger partial charge in [-0.25, -0.2) is 13.2 Å². The molecule has 0 aromatic heterocycles. The van der Waals surface area contributed by atoms with E-state index < -0.39 is 23.8 Å². The fraction of sp³-hybridized carbons (Fsp3) is 0.467. The number of alkyl halides is 2. The Morgan fingerprint density at radius 1 is 1.38 bits per heavy atom. The number of hydrogen-bond acceptors (Lipinski definition) is 3. The van der Waals surface area contributed by atoms with E-state index in [1.165, 1.54) is 18.3 Å². The van der Waals surface area contributed by atoms with Crippen molar-refractivity contribution in [1.29, 1.82) is 5.41 Å². The minimum Gasteiger partial charge on any atom is -0.310 e. The molecular weight excluding hydrogens is 279 g/mol. The molecule has 3 nitrogen and oxygen atoms in total. The zero-order valence-corrected chi connectivity index (χ0v) is 12.2. The quantitative estimate of drug-likeness (QED) is 0.702. The predicted molar refractivity (Wildman–Crippen MR) is 79.2 cm³/mol. The Bertz CT molecular complexity index is 501. The van der Waals surface area contributed by atoms with E-state index in [-0.39, 0.29) is 5.56 Å². The standard InChI is InChI=1S/C15H20F3N3/c1-3-20-9-11(19)7-8-21-10(2)12-5-4-6-13(14(12)16)15(17)18/h4-6,9-10,15,19,21H,3,7-8H2,1-2H3/t10-/m1/s1. The van der Waals surface area contributed by atoms with Gasteiger partial charge in [0.05, 0.1) is 11.3 Å². The van der Waals surface area contributed by atoms with Crippen molar-refractivity contribution >= 4 is 11.9 Å². The fourth-order valence-electron chi connectivity index (χ4n) is 1.87. The van der Waals surface area contributed by atoms with Crippen molar-refractivity contribution < 1.29 is 13.2 Å².